The fourth-order valence-electron chi connectivity index (χ4n) is 5.29. The van der Waals surface area contributed by atoms with Crippen molar-refractivity contribution in [1.82, 2.24) is 30.6 Å². The Morgan fingerprint density at radius 3 is 2.31 bits per heavy atom. The molecule has 2 amide bonds. The van der Waals surface area contributed by atoms with E-state index in [1.54, 1.807) is 50.9 Å². The molecule has 274 valence electrons. The number of fused-ring (bicyclic) bond motifs is 2. The van der Waals surface area contributed by atoms with Gasteiger partial charge in [-0.15, -0.1) is 11.8 Å². The Morgan fingerprint density at radius 2 is 1.61 bits per heavy atom. The van der Waals surface area contributed by atoms with Gasteiger partial charge >= 0.3 is 17.9 Å². The summed E-state index contributed by atoms with van der Waals surface area (Å²) in [7, 11) is 0. The van der Waals surface area contributed by atoms with Crippen LogP contribution in [-0.2, 0) is 39.9 Å². The summed E-state index contributed by atoms with van der Waals surface area (Å²) in [5, 5.41) is 5.35. The maximum Gasteiger partial charge on any atom is 0.328 e. The molecule has 3 heterocycles. The van der Waals surface area contributed by atoms with E-state index in [1.165, 1.54) is 0 Å². The Morgan fingerprint density at radius 1 is 0.902 bits per heavy atom. The molecule has 0 bridgehead atoms. The molecular weight excluding hydrogens is 682 g/mol. The number of rotatable bonds is 17. The van der Waals surface area contributed by atoms with Gasteiger partial charge in [0.25, 0.3) is 5.91 Å². The predicted molar refractivity (Wildman–Crippen MR) is 188 cm³/mol. The number of hydrogen-bond donors (Lipinski definition) is 4. The monoisotopic (exact) mass is 725 g/mol. The molecule has 1 aliphatic heterocycles. The fraction of sp³-hybridized carbons (Fsp3) is 0.485. The van der Waals surface area contributed by atoms with Crippen molar-refractivity contribution in [2.75, 3.05) is 48.5 Å². The first-order chi connectivity index (χ1) is 24.5. The van der Waals surface area contributed by atoms with Crippen LogP contribution in [0.1, 0.15) is 68.9 Å². The molecular formula is C33H43N9O8S. The molecule has 17 nitrogen and oxygen atoms in total. The van der Waals surface area contributed by atoms with E-state index in [-0.39, 0.29) is 63.7 Å². The number of carbonyl (C=O) groups excluding carboxylic acids is 5. The van der Waals surface area contributed by atoms with E-state index in [1.807, 2.05) is 6.07 Å². The number of hydrogen-bond acceptors (Lipinski definition) is 16. The van der Waals surface area contributed by atoms with Crippen molar-refractivity contribution in [3.63, 3.8) is 0 Å². The number of thioether (sulfide) groups is 1. The minimum atomic E-state index is -1.03. The maximum absolute atomic E-state index is 13.4. The summed E-state index contributed by atoms with van der Waals surface area (Å²) in [6, 6.07) is 3.23. The molecule has 0 radical (unpaired) electrons. The lowest BCUT2D eigenvalue weighted by atomic mass is 10.1. The molecule has 4 rings (SSSR count). The lowest BCUT2D eigenvalue weighted by molar-refractivity contribution is -0.149. The molecule has 1 aliphatic rings. The Hall–Kier alpha value is -5.26. The van der Waals surface area contributed by atoms with Crippen molar-refractivity contribution in [3.8, 4) is 0 Å². The summed E-state index contributed by atoms with van der Waals surface area (Å²) in [6.07, 6.45) is 1.80. The molecule has 0 saturated carbocycles. The van der Waals surface area contributed by atoms with E-state index >= 15 is 0 Å². The molecule has 0 saturated heterocycles. The van der Waals surface area contributed by atoms with Crippen LogP contribution in [-0.4, -0.2) is 93.9 Å². The minimum absolute atomic E-state index is 0.0137. The van der Waals surface area contributed by atoms with Crippen molar-refractivity contribution in [1.29, 1.82) is 0 Å². The molecule has 2 atom stereocenters. The van der Waals surface area contributed by atoms with Crippen molar-refractivity contribution >= 4 is 70.1 Å². The Balaban J connectivity index is 1.37. The van der Waals surface area contributed by atoms with Crippen LogP contribution >= 0.6 is 11.8 Å². The largest absolute Gasteiger partial charge is 0.466 e. The highest BCUT2D eigenvalue weighted by atomic mass is 32.2. The van der Waals surface area contributed by atoms with Gasteiger partial charge in [0.1, 0.15) is 12.1 Å². The van der Waals surface area contributed by atoms with Crippen LogP contribution in [0.15, 0.2) is 29.3 Å². The van der Waals surface area contributed by atoms with Gasteiger partial charge in [-0.2, -0.15) is 9.97 Å². The van der Waals surface area contributed by atoms with Crippen LogP contribution < -0.4 is 27.0 Å². The van der Waals surface area contributed by atoms with Crippen LogP contribution in [0.5, 0.6) is 0 Å². The Bertz CT molecular complexity index is 1740. The summed E-state index contributed by atoms with van der Waals surface area (Å²) >= 11 is 1.60. The molecule has 1 aromatic carbocycles. The van der Waals surface area contributed by atoms with E-state index in [2.05, 4.69) is 35.5 Å². The molecule has 6 N–H and O–H groups in total. The predicted octanol–water partition coefficient (Wildman–Crippen LogP) is 1.92. The fourth-order valence-corrected chi connectivity index (χ4v) is 6.38. The van der Waals surface area contributed by atoms with Crippen LogP contribution in [0.2, 0.25) is 0 Å². The second kappa shape index (κ2) is 18.7. The second-order valence-electron chi connectivity index (χ2n) is 11.3. The number of nitrogens with zero attached hydrogens (tertiary/aromatic N) is 5. The summed E-state index contributed by atoms with van der Waals surface area (Å²) in [5.41, 5.74) is 14.2. The summed E-state index contributed by atoms with van der Waals surface area (Å²) in [6.45, 7) is 6.53. The van der Waals surface area contributed by atoms with E-state index in [4.69, 9.17) is 25.7 Å². The molecule has 0 fully saturated rings. The molecule has 51 heavy (non-hydrogen) atoms. The summed E-state index contributed by atoms with van der Waals surface area (Å²) < 4.78 is 15.1. The SMILES string of the molecule is CCOC(=O)CCC(NC(=O)CCCC(NC(=O)c1ccc2c(c1)SCCN2Cc1cnc2nc(N)nc(N)c2n1)C(=O)OCC)C(=O)OCC. The lowest BCUT2D eigenvalue weighted by Gasteiger charge is -2.31. The van der Waals surface area contributed by atoms with Gasteiger partial charge in [-0.1, -0.05) is 0 Å². The lowest BCUT2D eigenvalue weighted by Crippen LogP contribution is -2.43. The number of amides is 2. The summed E-state index contributed by atoms with van der Waals surface area (Å²) in [4.78, 5) is 83.1. The highest BCUT2D eigenvalue weighted by Crippen LogP contribution is 2.36. The third-order valence-electron chi connectivity index (χ3n) is 7.66. The number of nitrogens with two attached hydrogens (primary N) is 2. The van der Waals surface area contributed by atoms with Crippen LogP contribution in [0.25, 0.3) is 11.2 Å². The highest BCUT2D eigenvalue weighted by molar-refractivity contribution is 7.99. The van der Waals surface area contributed by atoms with Crippen LogP contribution in [0.3, 0.4) is 0 Å². The van der Waals surface area contributed by atoms with Gasteiger partial charge in [0.2, 0.25) is 11.9 Å². The van der Waals surface area contributed by atoms with Crippen molar-refractivity contribution in [2.24, 2.45) is 0 Å². The first-order valence-electron chi connectivity index (χ1n) is 16.7. The van der Waals surface area contributed by atoms with Gasteiger partial charge in [-0.3, -0.25) is 14.4 Å². The highest BCUT2D eigenvalue weighted by Gasteiger charge is 2.27. The first kappa shape index (κ1) is 38.5. The quantitative estimate of drug-likeness (QED) is 0.115. The molecule has 18 heteroatoms. The number of nitrogens with one attached hydrogen (secondary N) is 2. The van der Waals surface area contributed by atoms with E-state index < -0.39 is 41.8 Å². The van der Waals surface area contributed by atoms with Gasteiger partial charge in [0.15, 0.2) is 17.0 Å². The number of nitrogen functional groups attached to an aromatic ring is 2. The van der Waals surface area contributed by atoms with Gasteiger partial charge in [-0.25, -0.2) is 19.6 Å². The van der Waals surface area contributed by atoms with Gasteiger partial charge in [0.05, 0.1) is 43.9 Å². The third kappa shape index (κ3) is 10.9. The average molecular weight is 726 g/mol. The van der Waals surface area contributed by atoms with Crippen molar-refractivity contribution in [3.05, 3.63) is 35.7 Å². The molecule has 2 aromatic heterocycles. The molecule has 0 aliphatic carbocycles. The second-order valence-corrected chi connectivity index (χ2v) is 12.5. The van der Waals surface area contributed by atoms with Gasteiger partial charge in [0, 0.05) is 35.6 Å². The van der Waals surface area contributed by atoms with Crippen molar-refractivity contribution in [2.45, 2.75) is 76.4 Å². The van der Waals surface area contributed by atoms with Gasteiger partial charge in [-0.05, 0) is 58.2 Å². The first-order valence-corrected chi connectivity index (χ1v) is 17.7. The van der Waals surface area contributed by atoms with Gasteiger partial charge < -0.3 is 41.2 Å². The topological polar surface area (TPSA) is 244 Å². The van der Waals surface area contributed by atoms with E-state index in [0.29, 0.717) is 29.0 Å². The number of esters is 3. The number of aromatic nitrogens is 4. The zero-order valence-corrected chi connectivity index (χ0v) is 29.6. The number of ether oxygens (including phenoxy) is 3. The third-order valence-corrected chi connectivity index (χ3v) is 8.68. The smallest absolute Gasteiger partial charge is 0.328 e. The molecule has 3 aromatic rings. The maximum atomic E-state index is 13.4. The van der Waals surface area contributed by atoms with Crippen molar-refractivity contribution < 1.29 is 38.2 Å². The molecule has 0 spiro atoms. The number of anilines is 3. The van der Waals surface area contributed by atoms with E-state index in [0.717, 1.165) is 22.9 Å². The Labute approximate surface area is 299 Å². The standard InChI is InChI=1S/C33H43N9O8S/c1-4-48-26(44)13-11-22(32(47)50-6-3)38-25(43)9-7-8-21(31(46)49-5-2)39-30(45)19-10-12-23-24(16-19)51-15-14-42(23)18-20-17-36-29-27(37-20)28(34)40-33(35)41-29/h10,12,16-17,21-22H,4-9,11,13-15,18H2,1-3H3,(H,38,43)(H,39,45)(H4,34,35,36,40,41). The zero-order chi connectivity index (χ0) is 36.9. The number of benzene rings is 1. The van der Waals surface area contributed by atoms with E-state index in [9.17, 15) is 24.0 Å². The molecule has 2 unspecified atom stereocenters. The summed E-state index contributed by atoms with van der Waals surface area (Å²) in [5.74, 6) is -1.81. The normalized spacial score (nSPS) is 13.4. The zero-order valence-electron chi connectivity index (χ0n) is 28.8. The minimum Gasteiger partial charge on any atom is -0.466 e. The van der Waals surface area contributed by atoms with Crippen LogP contribution in [0, 0.1) is 0 Å². The number of carbonyl (C=O) groups is 5. The average Bonchev–Trinajstić information content (AvgIpc) is 3.10. The van der Waals surface area contributed by atoms with Crippen LogP contribution in [0.4, 0.5) is 17.5 Å². The Kier molecular flexibility index (Phi) is 14.1.